The van der Waals surface area contributed by atoms with E-state index in [2.05, 4.69) is 5.32 Å². The molecule has 0 saturated carbocycles. The molecule has 0 aliphatic rings. The van der Waals surface area contributed by atoms with Crippen LogP contribution in [0.1, 0.15) is 25.3 Å². The Morgan fingerprint density at radius 3 is 2.41 bits per heavy atom. The van der Waals surface area contributed by atoms with Crippen LogP contribution in [0.2, 0.25) is 0 Å². The Labute approximate surface area is 128 Å². The van der Waals surface area contributed by atoms with Crippen LogP contribution in [0, 0.1) is 0 Å². The SMILES string of the molecule is CCc1ccc(OCCC(=O)NC(CC(N)=O)C(=O)O)cc1. The summed E-state index contributed by atoms with van der Waals surface area (Å²) < 4.78 is 5.40. The van der Waals surface area contributed by atoms with Crippen molar-refractivity contribution < 1.29 is 24.2 Å². The Morgan fingerprint density at radius 2 is 1.91 bits per heavy atom. The average molecular weight is 308 g/mol. The van der Waals surface area contributed by atoms with Gasteiger partial charge in [0.25, 0.3) is 0 Å². The van der Waals surface area contributed by atoms with Gasteiger partial charge in [-0.3, -0.25) is 9.59 Å². The predicted molar refractivity (Wildman–Crippen MR) is 79.3 cm³/mol. The molecule has 0 aliphatic carbocycles. The molecule has 120 valence electrons. The molecule has 1 rings (SSSR count). The molecule has 1 aromatic rings. The summed E-state index contributed by atoms with van der Waals surface area (Å²) in [6.07, 6.45) is 0.470. The minimum Gasteiger partial charge on any atom is -0.493 e. The molecule has 22 heavy (non-hydrogen) atoms. The molecular formula is C15H20N2O5. The van der Waals surface area contributed by atoms with E-state index in [9.17, 15) is 14.4 Å². The summed E-state index contributed by atoms with van der Waals surface area (Å²) in [5.74, 6) is -1.97. The zero-order valence-electron chi connectivity index (χ0n) is 12.4. The van der Waals surface area contributed by atoms with E-state index in [-0.39, 0.29) is 13.0 Å². The first-order valence-corrected chi connectivity index (χ1v) is 6.94. The zero-order chi connectivity index (χ0) is 16.5. The van der Waals surface area contributed by atoms with Crippen LogP contribution in [0.15, 0.2) is 24.3 Å². The maximum atomic E-state index is 11.6. The first-order chi connectivity index (χ1) is 10.4. The molecule has 0 radical (unpaired) electrons. The molecule has 7 nitrogen and oxygen atoms in total. The number of benzene rings is 1. The molecule has 0 fully saturated rings. The first kappa shape index (κ1) is 17.5. The number of carbonyl (C=O) groups excluding carboxylic acids is 2. The summed E-state index contributed by atoms with van der Waals surface area (Å²) in [6.45, 7) is 2.16. The van der Waals surface area contributed by atoms with Gasteiger partial charge in [-0.25, -0.2) is 4.79 Å². The van der Waals surface area contributed by atoms with E-state index in [4.69, 9.17) is 15.6 Å². The molecule has 0 spiro atoms. The van der Waals surface area contributed by atoms with Crippen molar-refractivity contribution in [2.45, 2.75) is 32.2 Å². The number of rotatable bonds is 9. The van der Waals surface area contributed by atoms with Crippen LogP contribution in [-0.4, -0.2) is 35.5 Å². The monoisotopic (exact) mass is 308 g/mol. The van der Waals surface area contributed by atoms with Gasteiger partial charge >= 0.3 is 5.97 Å². The van der Waals surface area contributed by atoms with Crippen LogP contribution in [0.25, 0.3) is 0 Å². The third-order valence-electron chi connectivity index (χ3n) is 2.97. The van der Waals surface area contributed by atoms with Crippen molar-refractivity contribution >= 4 is 17.8 Å². The number of carboxylic acids is 1. The van der Waals surface area contributed by atoms with E-state index in [1.54, 1.807) is 0 Å². The lowest BCUT2D eigenvalue weighted by Gasteiger charge is -2.13. The fourth-order valence-corrected chi connectivity index (χ4v) is 1.75. The zero-order valence-corrected chi connectivity index (χ0v) is 12.4. The molecule has 0 saturated heterocycles. The van der Waals surface area contributed by atoms with Crippen LogP contribution in [0.5, 0.6) is 5.75 Å². The Bertz CT molecular complexity index is 527. The topological polar surface area (TPSA) is 119 Å². The number of aliphatic carboxylic acids is 1. The van der Waals surface area contributed by atoms with Crippen LogP contribution < -0.4 is 15.8 Å². The smallest absolute Gasteiger partial charge is 0.326 e. The van der Waals surface area contributed by atoms with Crippen LogP contribution >= 0.6 is 0 Å². The predicted octanol–water partition coefficient (Wildman–Crippen LogP) is 0.463. The summed E-state index contributed by atoms with van der Waals surface area (Å²) in [7, 11) is 0. The Morgan fingerprint density at radius 1 is 1.27 bits per heavy atom. The molecule has 1 aromatic carbocycles. The Kier molecular flexibility index (Phi) is 6.88. The number of primary amides is 1. The highest BCUT2D eigenvalue weighted by Crippen LogP contribution is 2.12. The van der Waals surface area contributed by atoms with Gasteiger partial charge < -0.3 is 20.9 Å². The molecule has 1 atom stereocenters. The van der Waals surface area contributed by atoms with E-state index < -0.39 is 30.2 Å². The minimum atomic E-state index is -1.31. The number of nitrogens with two attached hydrogens (primary N) is 1. The van der Waals surface area contributed by atoms with Crippen molar-refractivity contribution in [3.05, 3.63) is 29.8 Å². The maximum absolute atomic E-state index is 11.6. The highest BCUT2D eigenvalue weighted by atomic mass is 16.5. The third kappa shape index (κ3) is 6.25. The quantitative estimate of drug-likeness (QED) is 0.612. The number of aryl methyl sites for hydroxylation is 1. The lowest BCUT2D eigenvalue weighted by atomic mass is 10.2. The van der Waals surface area contributed by atoms with Gasteiger partial charge in [-0.2, -0.15) is 0 Å². The number of carboxylic acid groups (broad SMARTS) is 1. The van der Waals surface area contributed by atoms with Crippen LogP contribution in [-0.2, 0) is 20.8 Å². The second-order valence-electron chi connectivity index (χ2n) is 4.72. The largest absolute Gasteiger partial charge is 0.493 e. The minimum absolute atomic E-state index is 0.0158. The van der Waals surface area contributed by atoms with E-state index in [1.165, 1.54) is 5.56 Å². The van der Waals surface area contributed by atoms with Gasteiger partial charge in [-0.1, -0.05) is 19.1 Å². The molecule has 7 heteroatoms. The van der Waals surface area contributed by atoms with Crippen molar-refractivity contribution in [1.29, 1.82) is 0 Å². The standard InChI is InChI=1S/C15H20N2O5/c1-2-10-3-5-11(6-4-10)22-8-7-14(19)17-12(15(20)21)9-13(16)18/h3-6,12H,2,7-9H2,1H3,(H2,16,18)(H,17,19)(H,20,21). The van der Waals surface area contributed by atoms with Gasteiger partial charge in [0.1, 0.15) is 11.8 Å². The number of amides is 2. The third-order valence-corrected chi connectivity index (χ3v) is 2.97. The van der Waals surface area contributed by atoms with E-state index >= 15 is 0 Å². The highest BCUT2D eigenvalue weighted by molar-refractivity contribution is 5.88. The Hall–Kier alpha value is -2.57. The second-order valence-corrected chi connectivity index (χ2v) is 4.72. The number of nitrogens with one attached hydrogen (secondary N) is 1. The van der Waals surface area contributed by atoms with Crippen LogP contribution in [0.3, 0.4) is 0 Å². The van der Waals surface area contributed by atoms with E-state index in [1.807, 2.05) is 31.2 Å². The molecule has 4 N–H and O–H groups in total. The molecule has 0 aliphatic heterocycles. The molecule has 1 unspecified atom stereocenters. The van der Waals surface area contributed by atoms with Gasteiger partial charge in [-0.15, -0.1) is 0 Å². The molecule has 0 aromatic heterocycles. The summed E-state index contributed by atoms with van der Waals surface area (Å²) >= 11 is 0. The van der Waals surface area contributed by atoms with E-state index in [0.717, 1.165) is 6.42 Å². The molecule has 0 heterocycles. The highest BCUT2D eigenvalue weighted by Gasteiger charge is 2.21. The van der Waals surface area contributed by atoms with Gasteiger partial charge in [0, 0.05) is 0 Å². The van der Waals surface area contributed by atoms with E-state index in [0.29, 0.717) is 5.75 Å². The Balaban J connectivity index is 2.38. The normalized spacial score (nSPS) is 11.5. The summed E-state index contributed by atoms with van der Waals surface area (Å²) in [5.41, 5.74) is 6.11. The number of carbonyl (C=O) groups is 3. The van der Waals surface area contributed by atoms with Gasteiger partial charge in [0.15, 0.2) is 0 Å². The maximum Gasteiger partial charge on any atom is 0.326 e. The molecule has 0 bridgehead atoms. The molecular weight excluding hydrogens is 288 g/mol. The van der Waals surface area contributed by atoms with Crippen molar-refractivity contribution in [2.24, 2.45) is 5.73 Å². The van der Waals surface area contributed by atoms with Gasteiger partial charge in [0.2, 0.25) is 11.8 Å². The first-order valence-electron chi connectivity index (χ1n) is 6.94. The second kappa shape index (κ2) is 8.66. The summed E-state index contributed by atoms with van der Waals surface area (Å²) in [6, 6.07) is 6.17. The molecule has 2 amide bonds. The number of ether oxygens (including phenoxy) is 1. The van der Waals surface area contributed by atoms with Gasteiger partial charge in [0.05, 0.1) is 19.4 Å². The van der Waals surface area contributed by atoms with Crippen molar-refractivity contribution in [3.8, 4) is 5.75 Å². The number of hydrogen-bond donors (Lipinski definition) is 3. The lowest BCUT2D eigenvalue weighted by molar-refractivity contribution is -0.143. The van der Waals surface area contributed by atoms with Crippen molar-refractivity contribution in [2.75, 3.05) is 6.61 Å². The summed E-state index contributed by atoms with van der Waals surface area (Å²) in [5, 5.41) is 11.1. The number of hydrogen-bond acceptors (Lipinski definition) is 4. The van der Waals surface area contributed by atoms with Crippen LogP contribution in [0.4, 0.5) is 0 Å². The average Bonchev–Trinajstić information content (AvgIpc) is 2.46. The summed E-state index contributed by atoms with van der Waals surface area (Å²) in [4.78, 5) is 33.2. The van der Waals surface area contributed by atoms with Crippen molar-refractivity contribution in [1.82, 2.24) is 5.32 Å². The van der Waals surface area contributed by atoms with Gasteiger partial charge in [-0.05, 0) is 24.1 Å². The lowest BCUT2D eigenvalue weighted by Crippen LogP contribution is -2.43. The fraction of sp³-hybridized carbons (Fsp3) is 0.400. The van der Waals surface area contributed by atoms with Crippen molar-refractivity contribution in [3.63, 3.8) is 0 Å². The fourth-order valence-electron chi connectivity index (χ4n) is 1.75.